The quantitative estimate of drug-likeness (QED) is 0.901. The van der Waals surface area contributed by atoms with Gasteiger partial charge >= 0.3 is 0 Å². The van der Waals surface area contributed by atoms with Crippen molar-refractivity contribution in [1.29, 1.82) is 0 Å². The van der Waals surface area contributed by atoms with E-state index in [0.29, 0.717) is 11.8 Å². The molecule has 4 heteroatoms. The molecular formula is C16H26N2O2. The van der Waals surface area contributed by atoms with Crippen LogP contribution in [0.15, 0.2) is 10.5 Å². The first-order valence-corrected chi connectivity index (χ1v) is 7.78. The van der Waals surface area contributed by atoms with Gasteiger partial charge in [0.25, 0.3) is 5.91 Å². The van der Waals surface area contributed by atoms with Crippen LogP contribution >= 0.6 is 0 Å². The molecule has 1 aromatic rings. The number of nitrogens with zero attached hydrogens (tertiary/aromatic N) is 1. The van der Waals surface area contributed by atoms with Gasteiger partial charge in [0, 0.05) is 19.0 Å². The lowest BCUT2D eigenvalue weighted by atomic mass is 10.0. The maximum atomic E-state index is 12.7. The summed E-state index contributed by atoms with van der Waals surface area (Å²) in [6.07, 6.45) is 3.88. The monoisotopic (exact) mass is 278 g/mol. The highest BCUT2D eigenvalue weighted by atomic mass is 16.4. The van der Waals surface area contributed by atoms with Crippen molar-refractivity contribution >= 4 is 5.91 Å². The second kappa shape index (κ2) is 6.93. The van der Waals surface area contributed by atoms with E-state index in [1.165, 1.54) is 0 Å². The van der Waals surface area contributed by atoms with Crippen molar-refractivity contribution in [2.75, 3.05) is 19.6 Å². The van der Waals surface area contributed by atoms with E-state index in [1.807, 2.05) is 17.9 Å². The van der Waals surface area contributed by atoms with Crippen LogP contribution in [0.2, 0.25) is 0 Å². The predicted octanol–water partition coefficient (Wildman–Crippen LogP) is 2.75. The second-order valence-electron chi connectivity index (χ2n) is 5.55. The number of hydrogen-bond donors (Lipinski definition) is 1. The average Bonchev–Trinajstić information content (AvgIpc) is 2.86. The molecule has 0 saturated carbocycles. The number of rotatable bonds is 5. The molecule has 0 bridgehead atoms. The topological polar surface area (TPSA) is 45.5 Å². The molecule has 1 aromatic heterocycles. The van der Waals surface area contributed by atoms with E-state index in [0.717, 1.165) is 56.6 Å². The van der Waals surface area contributed by atoms with Crippen molar-refractivity contribution in [3.8, 4) is 0 Å². The van der Waals surface area contributed by atoms with Gasteiger partial charge in [0.05, 0.1) is 0 Å². The van der Waals surface area contributed by atoms with Crippen LogP contribution in [-0.4, -0.2) is 36.5 Å². The minimum absolute atomic E-state index is 0.0570. The summed E-state index contributed by atoms with van der Waals surface area (Å²) in [7, 11) is 0. The fourth-order valence-corrected chi connectivity index (χ4v) is 2.93. The third-order valence-corrected chi connectivity index (χ3v) is 4.03. The summed E-state index contributed by atoms with van der Waals surface area (Å²) in [5, 5.41) is 3.35. The molecule has 0 unspecified atom stereocenters. The largest absolute Gasteiger partial charge is 0.456 e. The standard InChI is InChI=1S/C16H26N2O2/c1-4-10-18(13-6-8-17-9-7-13)16(19)15-11-12(3)14(5-2)20-15/h11,13,17H,4-10H2,1-3H3. The Morgan fingerprint density at radius 3 is 2.65 bits per heavy atom. The first kappa shape index (κ1) is 15.1. The van der Waals surface area contributed by atoms with Gasteiger partial charge in [-0.1, -0.05) is 13.8 Å². The highest BCUT2D eigenvalue weighted by Crippen LogP contribution is 2.20. The van der Waals surface area contributed by atoms with Crippen LogP contribution < -0.4 is 5.32 Å². The number of amides is 1. The third-order valence-electron chi connectivity index (χ3n) is 4.03. The normalized spacial score (nSPS) is 16.4. The van der Waals surface area contributed by atoms with E-state index in [1.54, 1.807) is 0 Å². The third kappa shape index (κ3) is 3.23. The summed E-state index contributed by atoms with van der Waals surface area (Å²) in [6.45, 7) is 8.98. The van der Waals surface area contributed by atoms with Gasteiger partial charge in [0.2, 0.25) is 0 Å². The van der Waals surface area contributed by atoms with Crippen molar-refractivity contribution in [3.63, 3.8) is 0 Å². The molecule has 1 saturated heterocycles. The van der Waals surface area contributed by atoms with Gasteiger partial charge in [-0.2, -0.15) is 0 Å². The van der Waals surface area contributed by atoms with Gasteiger partial charge in [0.15, 0.2) is 5.76 Å². The van der Waals surface area contributed by atoms with Gasteiger partial charge in [-0.3, -0.25) is 4.79 Å². The molecule has 2 heterocycles. The van der Waals surface area contributed by atoms with Crippen LogP contribution in [0.5, 0.6) is 0 Å². The number of hydrogen-bond acceptors (Lipinski definition) is 3. The maximum absolute atomic E-state index is 12.7. The molecule has 1 N–H and O–H groups in total. The summed E-state index contributed by atoms with van der Waals surface area (Å²) in [4.78, 5) is 14.7. The predicted molar refractivity (Wildman–Crippen MR) is 80.0 cm³/mol. The van der Waals surface area contributed by atoms with Crippen LogP contribution in [0.25, 0.3) is 0 Å². The summed E-state index contributed by atoms with van der Waals surface area (Å²) < 4.78 is 5.74. The summed E-state index contributed by atoms with van der Waals surface area (Å²) >= 11 is 0. The summed E-state index contributed by atoms with van der Waals surface area (Å²) in [5.41, 5.74) is 1.08. The number of carbonyl (C=O) groups is 1. The van der Waals surface area contributed by atoms with Crippen molar-refractivity contribution in [3.05, 3.63) is 23.2 Å². The van der Waals surface area contributed by atoms with E-state index < -0.39 is 0 Å². The minimum Gasteiger partial charge on any atom is -0.456 e. The van der Waals surface area contributed by atoms with Gasteiger partial charge in [0.1, 0.15) is 5.76 Å². The Kier molecular flexibility index (Phi) is 5.24. The Bertz CT molecular complexity index is 447. The Morgan fingerprint density at radius 2 is 2.10 bits per heavy atom. The maximum Gasteiger partial charge on any atom is 0.289 e. The average molecular weight is 278 g/mol. The molecule has 2 rings (SSSR count). The molecule has 1 amide bonds. The van der Waals surface area contributed by atoms with Crippen LogP contribution in [0.1, 0.15) is 55.0 Å². The fraction of sp³-hybridized carbons (Fsp3) is 0.688. The lowest BCUT2D eigenvalue weighted by Crippen LogP contribution is -2.46. The Balaban J connectivity index is 2.16. The first-order chi connectivity index (χ1) is 9.67. The molecule has 0 spiro atoms. The van der Waals surface area contributed by atoms with E-state index in [2.05, 4.69) is 19.2 Å². The van der Waals surface area contributed by atoms with Gasteiger partial charge in [-0.25, -0.2) is 0 Å². The zero-order valence-electron chi connectivity index (χ0n) is 12.9. The molecule has 0 radical (unpaired) electrons. The Labute approximate surface area is 121 Å². The molecule has 4 nitrogen and oxygen atoms in total. The highest BCUT2D eigenvalue weighted by Gasteiger charge is 2.27. The molecule has 0 atom stereocenters. The number of furan rings is 1. The fourth-order valence-electron chi connectivity index (χ4n) is 2.93. The molecule has 112 valence electrons. The Hall–Kier alpha value is -1.29. The molecule has 0 aromatic carbocycles. The van der Waals surface area contributed by atoms with Crippen LogP contribution in [0.3, 0.4) is 0 Å². The second-order valence-corrected chi connectivity index (χ2v) is 5.55. The van der Waals surface area contributed by atoms with Crippen molar-refractivity contribution in [1.82, 2.24) is 10.2 Å². The number of nitrogens with one attached hydrogen (secondary N) is 1. The van der Waals surface area contributed by atoms with Crippen LogP contribution in [-0.2, 0) is 6.42 Å². The lowest BCUT2D eigenvalue weighted by molar-refractivity contribution is 0.0608. The molecule has 0 aliphatic carbocycles. The number of aryl methyl sites for hydroxylation is 2. The van der Waals surface area contributed by atoms with E-state index in [9.17, 15) is 4.79 Å². The molecule has 1 aliphatic heterocycles. The van der Waals surface area contributed by atoms with E-state index in [4.69, 9.17) is 4.42 Å². The van der Waals surface area contributed by atoms with E-state index in [-0.39, 0.29) is 5.91 Å². The summed E-state index contributed by atoms with van der Waals surface area (Å²) in [5.74, 6) is 1.49. The van der Waals surface area contributed by atoms with Crippen LogP contribution in [0, 0.1) is 6.92 Å². The van der Waals surface area contributed by atoms with Crippen molar-refractivity contribution < 1.29 is 9.21 Å². The van der Waals surface area contributed by atoms with Crippen molar-refractivity contribution in [2.24, 2.45) is 0 Å². The van der Waals surface area contributed by atoms with Gasteiger partial charge < -0.3 is 14.6 Å². The molecule has 1 aliphatic rings. The zero-order valence-corrected chi connectivity index (χ0v) is 12.9. The van der Waals surface area contributed by atoms with Crippen molar-refractivity contribution in [2.45, 2.75) is 52.5 Å². The SMILES string of the molecule is CCCN(C(=O)c1cc(C)c(CC)o1)C1CCNCC1. The summed E-state index contributed by atoms with van der Waals surface area (Å²) in [6, 6.07) is 2.24. The molecular weight excluding hydrogens is 252 g/mol. The first-order valence-electron chi connectivity index (χ1n) is 7.78. The highest BCUT2D eigenvalue weighted by molar-refractivity contribution is 5.92. The Morgan fingerprint density at radius 1 is 1.40 bits per heavy atom. The number of carbonyl (C=O) groups excluding carboxylic acids is 1. The lowest BCUT2D eigenvalue weighted by Gasteiger charge is -2.34. The van der Waals surface area contributed by atoms with Gasteiger partial charge in [-0.05, 0) is 50.9 Å². The van der Waals surface area contributed by atoms with E-state index >= 15 is 0 Å². The minimum atomic E-state index is 0.0570. The smallest absolute Gasteiger partial charge is 0.289 e. The zero-order chi connectivity index (χ0) is 14.5. The number of piperidine rings is 1. The van der Waals surface area contributed by atoms with Gasteiger partial charge in [-0.15, -0.1) is 0 Å². The molecule has 20 heavy (non-hydrogen) atoms. The molecule has 1 fully saturated rings. The van der Waals surface area contributed by atoms with Crippen LogP contribution in [0.4, 0.5) is 0 Å².